The van der Waals surface area contributed by atoms with Gasteiger partial charge in [-0.15, -0.1) is 10.2 Å². The minimum atomic E-state index is -1.02. The topological polar surface area (TPSA) is 59.8 Å². The van der Waals surface area contributed by atoms with Crippen molar-refractivity contribution in [1.82, 2.24) is 14.8 Å². The second-order valence-electron chi connectivity index (χ2n) is 8.77. The quantitative estimate of drug-likeness (QED) is 0.333. The van der Waals surface area contributed by atoms with Crippen molar-refractivity contribution in [3.63, 3.8) is 0 Å². The van der Waals surface area contributed by atoms with Crippen molar-refractivity contribution in [2.45, 2.75) is 31.3 Å². The summed E-state index contributed by atoms with van der Waals surface area (Å²) in [6, 6.07) is 21.1. The molecule has 0 spiro atoms. The third-order valence-corrected chi connectivity index (χ3v) is 6.12. The minimum Gasteiger partial charge on any atom is -0.325 e. The first kappa shape index (κ1) is 23.6. The summed E-state index contributed by atoms with van der Waals surface area (Å²) in [6.07, 6.45) is 0. The highest BCUT2D eigenvalue weighted by atomic mass is 32.2. The molecule has 0 saturated carbocycles. The Balaban J connectivity index is 1.58. The van der Waals surface area contributed by atoms with Crippen LogP contribution in [0.4, 0.5) is 14.5 Å². The van der Waals surface area contributed by atoms with Gasteiger partial charge >= 0.3 is 0 Å². The molecule has 1 N–H and O–H groups in total. The average Bonchev–Trinajstić information content (AvgIpc) is 3.24. The predicted octanol–water partition coefficient (Wildman–Crippen LogP) is 6.24. The predicted molar refractivity (Wildman–Crippen MR) is 131 cm³/mol. The second kappa shape index (κ2) is 9.77. The van der Waals surface area contributed by atoms with E-state index >= 15 is 0 Å². The summed E-state index contributed by atoms with van der Waals surface area (Å²) in [5, 5.41) is 11.9. The summed E-state index contributed by atoms with van der Waals surface area (Å²) in [6.45, 7) is 6.48. The van der Waals surface area contributed by atoms with Gasteiger partial charge in [0.2, 0.25) is 5.91 Å². The van der Waals surface area contributed by atoms with Crippen molar-refractivity contribution in [2.24, 2.45) is 0 Å². The number of hydrogen-bond donors (Lipinski definition) is 1. The lowest BCUT2D eigenvalue weighted by molar-refractivity contribution is -0.113. The molecule has 4 rings (SSSR count). The van der Waals surface area contributed by atoms with Crippen LogP contribution in [0.2, 0.25) is 0 Å². The monoisotopic (exact) mass is 478 g/mol. The number of para-hydroxylation sites is 1. The van der Waals surface area contributed by atoms with Crippen LogP contribution < -0.4 is 5.32 Å². The molecule has 0 aliphatic rings. The fraction of sp³-hybridized carbons (Fsp3) is 0.192. The van der Waals surface area contributed by atoms with Gasteiger partial charge < -0.3 is 5.32 Å². The van der Waals surface area contributed by atoms with Crippen molar-refractivity contribution in [3.05, 3.63) is 90.0 Å². The number of rotatable bonds is 6. The van der Waals surface area contributed by atoms with E-state index < -0.39 is 11.6 Å². The first-order valence-corrected chi connectivity index (χ1v) is 11.7. The summed E-state index contributed by atoms with van der Waals surface area (Å²) in [4.78, 5) is 12.4. The number of hydrogen-bond acceptors (Lipinski definition) is 4. The molecule has 0 radical (unpaired) electrons. The smallest absolute Gasteiger partial charge is 0.234 e. The summed E-state index contributed by atoms with van der Waals surface area (Å²) in [5.41, 5.74) is 3.21. The molecule has 0 aliphatic heterocycles. The van der Waals surface area contributed by atoms with E-state index in [4.69, 9.17) is 0 Å². The van der Waals surface area contributed by atoms with E-state index in [-0.39, 0.29) is 22.8 Å². The fourth-order valence-electron chi connectivity index (χ4n) is 3.38. The van der Waals surface area contributed by atoms with Crippen LogP contribution in [0.15, 0.2) is 78.0 Å². The van der Waals surface area contributed by atoms with E-state index in [1.54, 1.807) is 0 Å². The maximum Gasteiger partial charge on any atom is 0.234 e. The van der Waals surface area contributed by atoms with Crippen molar-refractivity contribution < 1.29 is 13.6 Å². The Morgan fingerprint density at radius 3 is 2.29 bits per heavy atom. The van der Waals surface area contributed by atoms with E-state index in [1.807, 2.05) is 47.0 Å². The molecule has 174 valence electrons. The standard InChI is InChI=1S/C26H24F2N4OS/c1-26(2,3)18-11-9-17(10-12-18)24-30-31-25(32(24)20-7-5-4-6-8-20)34-16-23(33)29-19-13-14-21(27)22(28)15-19/h4-15H,16H2,1-3H3,(H,29,33). The van der Waals surface area contributed by atoms with Crippen LogP contribution in [0.1, 0.15) is 26.3 Å². The Morgan fingerprint density at radius 2 is 1.65 bits per heavy atom. The van der Waals surface area contributed by atoms with Gasteiger partial charge in [0.05, 0.1) is 5.75 Å². The lowest BCUT2D eigenvalue weighted by atomic mass is 9.87. The number of halogens is 2. The van der Waals surface area contributed by atoms with Gasteiger partial charge in [-0.05, 0) is 35.2 Å². The number of carbonyl (C=O) groups is 1. The summed E-state index contributed by atoms with van der Waals surface area (Å²) in [7, 11) is 0. The highest BCUT2D eigenvalue weighted by Gasteiger charge is 2.19. The largest absolute Gasteiger partial charge is 0.325 e. The van der Waals surface area contributed by atoms with Gasteiger partial charge in [0.15, 0.2) is 22.6 Å². The molecule has 8 heteroatoms. The molecular weight excluding hydrogens is 454 g/mol. The van der Waals surface area contributed by atoms with Gasteiger partial charge in [-0.2, -0.15) is 0 Å². The second-order valence-corrected chi connectivity index (χ2v) is 9.71. The first-order chi connectivity index (χ1) is 16.2. The molecule has 34 heavy (non-hydrogen) atoms. The zero-order valence-electron chi connectivity index (χ0n) is 19.0. The van der Waals surface area contributed by atoms with E-state index in [0.29, 0.717) is 11.0 Å². The van der Waals surface area contributed by atoms with Crippen LogP contribution in [-0.4, -0.2) is 26.4 Å². The van der Waals surface area contributed by atoms with Gasteiger partial charge in [-0.3, -0.25) is 9.36 Å². The Hall–Kier alpha value is -3.52. The normalized spacial score (nSPS) is 11.4. The summed E-state index contributed by atoms with van der Waals surface area (Å²) in [5.74, 6) is -1.67. The van der Waals surface area contributed by atoms with Gasteiger partial charge in [0, 0.05) is 23.0 Å². The molecule has 5 nitrogen and oxygen atoms in total. The zero-order valence-corrected chi connectivity index (χ0v) is 19.9. The van der Waals surface area contributed by atoms with Crippen LogP contribution >= 0.6 is 11.8 Å². The first-order valence-electron chi connectivity index (χ1n) is 10.7. The molecule has 1 heterocycles. The highest BCUT2D eigenvalue weighted by Crippen LogP contribution is 2.30. The number of nitrogens with zero attached hydrogens (tertiary/aromatic N) is 3. The lowest BCUT2D eigenvalue weighted by Gasteiger charge is -2.19. The Kier molecular flexibility index (Phi) is 6.79. The van der Waals surface area contributed by atoms with E-state index in [9.17, 15) is 13.6 Å². The number of amides is 1. The van der Waals surface area contributed by atoms with Gasteiger partial charge in [-0.1, -0.05) is 75.0 Å². The number of nitrogens with one attached hydrogen (secondary N) is 1. The van der Waals surface area contributed by atoms with Crippen LogP contribution in [0.25, 0.3) is 17.1 Å². The Bertz CT molecular complexity index is 1300. The molecular formula is C26H24F2N4OS. The van der Waals surface area contributed by atoms with Gasteiger partial charge in [0.1, 0.15) is 0 Å². The van der Waals surface area contributed by atoms with Crippen molar-refractivity contribution in [2.75, 3.05) is 11.1 Å². The van der Waals surface area contributed by atoms with E-state index in [2.05, 4.69) is 48.4 Å². The third kappa shape index (κ3) is 5.34. The molecule has 1 amide bonds. The van der Waals surface area contributed by atoms with Crippen LogP contribution in [0.5, 0.6) is 0 Å². The minimum absolute atomic E-state index is 0.0208. The van der Waals surface area contributed by atoms with Crippen LogP contribution in [0, 0.1) is 11.6 Å². The number of anilines is 1. The molecule has 1 aromatic heterocycles. The van der Waals surface area contributed by atoms with Crippen LogP contribution in [-0.2, 0) is 10.2 Å². The number of carbonyl (C=O) groups excluding carboxylic acids is 1. The van der Waals surface area contributed by atoms with Crippen molar-refractivity contribution >= 4 is 23.4 Å². The molecule has 0 bridgehead atoms. The highest BCUT2D eigenvalue weighted by molar-refractivity contribution is 7.99. The van der Waals surface area contributed by atoms with Crippen molar-refractivity contribution in [1.29, 1.82) is 0 Å². The molecule has 0 saturated heterocycles. The number of benzene rings is 3. The van der Waals surface area contributed by atoms with E-state index in [0.717, 1.165) is 23.4 Å². The lowest BCUT2D eigenvalue weighted by Crippen LogP contribution is -2.15. The fourth-order valence-corrected chi connectivity index (χ4v) is 4.13. The SMILES string of the molecule is CC(C)(C)c1ccc(-c2nnc(SCC(=O)Nc3ccc(F)c(F)c3)n2-c2ccccc2)cc1. The maximum atomic E-state index is 13.4. The van der Waals surface area contributed by atoms with Gasteiger partial charge in [-0.25, -0.2) is 8.78 Å². The third-order valence-electron chi connectivity index (χ3n) is 5.19. The van der Waals surface area contributed by atoms with Crippen LogP contribution in [0.3, 0.4) is 0 Å². The average molecular weight is 479 g/mol. The summed E-state index contributed by atoms with van der Waals surface area (Å²) < 4.78 is 28.5. The molecule has 0 atom stereocenters. The molecule has 3 aromatic carbocycles. The number of thioether (sulfide) groups is 1. The molecule has 0 fully saturated rings. The molecule has 4 aromatic rings. The van der Waals surface area contributed by atoms with Crippen molar-refractivity contribution in [3.8, 4) is 17.1 Å². The number of aromatic nitrogens is 3. The Morgan fingerprint density at radius 1 is 0.941 bits per heavy atom. The summed E-state index contributed by atoms with van der Waals surface area (Å²) >= 11 is 1.21. The molecule has 0 aliphatic carbocycles. The van der Waals surface area contributed by atoms with E-state index in [1.165, 1.54) is 23.4 Å². The maximum absolute atomic E-state index is 13.4. The zero-order chi connectivity index (χ0) is 24.3. The van der Waals surface area contributed by atoms with Gasteiger partial charge in [0.25, 0.3) is 0 Å². The molecule has 0 unspecified atom stereocenters. The Labute approximate surface area is 201 Å².